The van der Waals surface area contributed by atoms with Crippen LogP contribution in [0, 0.1) is 10.1 Å². The summed E-state index contributed by atoms with van der Waals surface area (Å²) in [5.74, 6) is -0.102. The summed E-state index contributed by atoms with van der Waals surface area (Å²) in [5, 5.41) is 10.7. The number of aromatic nitrogens is 2. The standard InChI is InChI=1S/C14H15N3O5/c1-2-11(22-14(18)13-15-6-7-16-13)9-21-12-5-3-4-10(8-12)17(19)20/h3-8,11H,2,9H2,1H3,(H,15,16). The maximum absolute atomic E-state index is 11.8. The zero-order valence-electron chi connectivity index (χ0n) is 11.9. The second kappa shape index (κ2) is 7.21. The van der Waals surface area contributed by atoms with Crippen LogP contribution in [-0.4, -0.2) is 33.6 Å². The molecule has 0 spiro atoms. The lowest BCUT2D eigenvalue weighted by molar-refractivity contribution is -0.384. The van der Waals surface area contributed by atoms with Gasteiger partial charge in [0.25, 0.3) is 5.69 Å². The Morgan fingerprint density at radius 2 is 2.32 bits per heavy atom. The summed E-state index contributed by atoms with van der Waals surface area (Å²) in [6.07, 6.45) is 3.05. The molecule has 1 heterocycles. The van der Waals surface area contributed by atoms with Crippen LogP contribution in [0.1, 0.15) is 24.0 Å². The van der Waals surface area contributed by atoms with Crippen LogP contribution < -0.4 is 4.74 Å². The number of nitro benzene ring substituents is 1. The summed E-state index contributed by atoms with van der Waals surface area (Å²) < 4.78 is 10.7. The Kier molecular flexibility index (Phi) is 5.07. The molecule has 0 aliphatic carbocycles. The maximum Gasteiger partial charge on any atom is 0.374 e. The van der Waals surface area contributed by atoms with Crippen LogP contribution in [0.15, 0.2) is 36.7 Å². The predicted molar refractivity (Wildman–Crippen MR) is 76.7 cm³/mol. The summed E-state index contributed by atoms with van der Waals surface area (Å²) in [5.41, 5.74) is -0.0573. The molecule has 8 nitrogen and oxygen atoms in total. The van der Waals surface area contributed by atoms with Crippen LogP contribution in [0.2, 0.25) is 0 Å². The number of benzene rings is 1. The first-order chi connectivity index (χ1) is 10.6. The van der Waals surface area contributed by atoms with Crippen LogP contribution >= 0.6 is 0 Å². The third kappa shape index (κ3) is 4.05. The predicted octanol–water partition coefficient (Wildman–Crippen LogP) is 2.33. The molecule has 1 unspecified atom stereocenters. The van der Waals surface area contributed by atoms with Crippen molar-refractivity contribution in [1.82, 2.24) is 9.97 Å². The van der Waals surface area contributed by atoms with Crippen LogP contribution in [-0.2, 0) is 4.74 Å². The molecule has 0 bridgehead atoms. The number of H-pyrrole nitrogens is 1. The number of non-ortho nitro benzene ring substituents is 1. The van der Waals surface area contributed by atoms with Crippen molar-refractivity contribution in [1.29, 1.82) is 0 Å². The number of nitrogens with zero attached hydrogens (tertiary/aromatic N) is 2. The highest BCUT2D eigenvalue weighted by atomic mass is 16.6. The van der Waals surface area contributed by atoms with E-state index in [1.54, 1.807) is 6.07 Å². The molecule has 1 atom stereocenters. The van der Waals surface area contributed by atoms with Crippen LogP contribution in [0.4, 0.5) is 5.69 Å². The highest BCUT2D eigenvalue weighted by molar-refractivity contribution is 5.85. The summed E-state index contributed by atoms with van der Waals surface area (Å²) in [4.78, 5) is 28.4. The molecule has 0 amide bonds. The van der Waals surface area contributed by atoms with Gasteiger partial charge in [0.1, 0.15) is 18.5 Å². The number of hydrogen-bond donors (Lipinski definition) is 1. The van der Waals surface area contributed by atoms with Gasteiger partial charge in [0.15, 0.2) is 0 Å². The molecule has 0 radical (unpaired) electrons. The minimum Gasteiger partial charge on any atom is -0.489 e. The molecule has 2 rings (SSSR count). The SMILES string of the molecule is CCC(COc1cccc([N+](=O)[O-])c1)OC(=O)c1ncc[nH]1. The van der Waals surface area contributed by atoms with E-state index < -0.39 is 17.0 Å². The smallest absolute Gasteiger partial charge is 0.374 e. The lowest BCUT2D eigenvalue weighted by Gasteiger charge is -2.16. The fraction of sp³-hybridized carbons (Fsp3) is 0.286. The van der Waals surface area contributed by atoms with E-state index in [9.17, 15) is 14.9 Å². The second-order valence-electron chi connectivity index (χ2n) is 4.44. The summed E-state index contributed by atoms with van der Waals surface area (Å²) in [6.45, 7) is 1.95. The minimum atomic E-state index is -0.570. The van der Waals surface area contributed by atoms with Gasteiger partial charge in [-0.15, -0.1) is 0 Å². The fourth-order valence-electron chi connectivity index (χ4n) is 1.70. The Hall–Kier alpha value is -2.90. The zero-order chi connectivity index (χ0) is 15.9. The van der Waals surface area contributed by atoms with E-state index in [0.717, 1.165) is 0 Å². The molecule has 1 N–H and O–H groups in total. The molecule has 22 heavy (non-hydrogen) atoms. The minimum absolute atomic E-state index is 0.0573. The number of imidazole rings is 1. The Balaban J connectivity index is 1.92. The van der Waals surface area contributed by atoms with Gasteiger partial charge in [-0.25, -0.2) is 9.78 Å². The van der Waals surface area contributed by atoms with Crippen molar-refractivity contribution in [2.75, 3.05) is 6.61 Å². The fourth-order valence-corrected chi connectivity index (χ4v) is 1.70. The number of esters is 1. The lowest BCUT2D eigenvalue weighted by Crippen LogP contribution is -2.25. The molecule has 8 heteroatoms. The Morgan fingerprint density at radius 1 is 1.50 bits per heavy atom. The van der Waals surface area contributed by atoms with Crippen LogP contribution in [0.3, 0.4) is 0 Å². The third-order valence-corrected chi connectivity index (χ3v) is 2.88. The van der Waals surface area contributed by atoms with E-state index in [0.29, 0.717) is 12.2 Å². The number of hydrogen-bond acceptors (Lipinski definition) is 6. The number of aromatic amines is 1. The average Bonchev–Trinajstić information content (AvgIpc) is 3.06. The van der Waals surface area contributed by atoms with Crippen molar-refractivity contribution in [3.8, 4) is 5.75 Å². The molecule has 1 aromatic carbocycles. The van der Waals surface area contributed by atoms with Gasteiger partial charge >= 0.3 is 5.97 Å². The first-order valence-electron chi connectivity index (χ1n) is 6.67. The molecule has 2 aromatic rings. The third-order valence-electron chi connectivity index (χ3n) is 2.88. The second-order valence-corrected chi connectivity index (χ2v) is 4.44. The quantitative estimate of drug-likeness (QED) is 0.478. The van der Waals surface area contributed by atoms with Gasteiger partial charge in [-0.05, 0) is 12.5 Å². The Labute approximate surface area is 126 Å². The van der Waals surface area contributed by atoms with Gasteiger partial charge in [-0.1, -0.05) is 13.0 Å². The highest BCUT2D eigenvalue weighted by Gasteiger charge is 2.17. The van der Waals surface area contributed by atoms with E-state index in [1.807, 2.05) is 6.92 Å². The molecule has 1 aromatic heterocycles. The number of carbonyl (C=O) groups excluding carboxylic acids is 1. The summed E-state index contributed by atoms with van der Waals surface area (Å²) >= 11 is 0. The van der Waals surface area contributed by atoms with Crippen molar-refractivity contribution in [3.63, 3.8) is 0 Å². The maximum atomic E-state index is 11.8. The molecular formula is C14H15N3O5. The molecule has 0 fully saturated rings. The first kappa shape index (κ1) is 15.5. The topological polar surface area (TPSA) is 107 Å². The molecular weight excluding hydrogens is 290 g/mol. The van der Waals surface area contributed by atoms with Crippen molar-refractivity contribution in [2.24, 2.45) is 0 Å². The number of nitrogens with one attached hydrogen (secondary N) is 1. The number of ether oxygens (including phenoxy) is 2. The first-order valence-corrected chi connectivity index (χ1v) is 6.67. The Bertz CT molecular complexity index is 642. The lowest BCUT2D eigenvalue weighted by atomic mass is 10.3. The van der Waals surface area contributed by atoms with Crippen molar-refractivity contribution in [3.05, 3.63) is 52.6 Å². The molecule has 0 saturated heterocycles. The van der Waals surface area contributed by atoms with Gasteiger partial charge in [-0.2, -0.15) is 0 Å². The number of carbonyl (C=O) groups is 1. The molecule has 0 aliphatic heterocycles. The van der Waals surface area contributed by atoms with E-state index in [-0.39, 0.29) is 18.1 Å². The van der Waals surface area contributed by atoms with Crippen LogP contribution in [0.25, 0.3) is 0 Å². The highest BCUT2D eigenvalue weighted by Crippen LogP contribution is 2.19. The van der Waals surface area contributed by atoms with Crippen molar-refractivity contribution < 1.29 is 19.2 Å². The largest absolute Gasteiger partial charge is 0.489 e. The van der Waals surface area contributed by atoms with E-state index in [2.05, 4.69) is 9.97 Å². The van der Waals surface area contributed by atoms with Gasteiger partial charge in [0, 0.05) is 18.5 Å². The monoisotopic (exact) mass is 305 g/mol. The average molecular weight is 305 g/mol. The van der Waals surface area contributed by atoms with E-state index in [4.69, 9.17) is 9.47 Å². The van der Waals surface area contributed by atoms with Gasteiger partial charge in [-0.3, -0.25) is 10.1 Å². The Morgan fingerprint density at radius 3 is 2.95 bits per heavy atom. The molecule has 0 saturated carbocycles. The summed E-state index contributed by atoms with van der Waals surface area (Å²) in [6, 6.07) is 5.83. The molecule has 116 valence electrons. The van der Waals surface area contributed by atoms with E-state index in [1.165, 1.54) is 30.6 Å². The van der Waals surface area contributed by atoms with Gasteiger partial charge in [0.05, 0.1) is 11.0 Å². The van der Waals surface area contributed by atoms with Crippen molar-refractivity contribution >= 4 is 11.7 Å². The zero-order valence-corrected chi connectivity index (χ0v) is 11.9. The van der Waals surface area contributed by atoms with Crippen LogP contribution in [0.5, 0.6) is 5.75 Å². The number of nitro groups is 1. The number of rotatable bonds is 7. The van der Waals surface area contributed by atoms with Gasteiger partial charge < -0.3 is 14.5 Å². The van der Waals surface area contributed by atoms with Gasteiger partial charge in [0.2, 0.25) is 5.82 Å². The summed E-state index contributed by atoms with van der Waals surface area (Å²) in [7, 11) is 0. The van der Waals surface area contributed by atoms with E-state index >= 15 is 0 Å². The molecule has 0 aliphatic rings. The van der Waals surface area contributed by atoms with Crippen molar-refractivity contribution in [2.45, 2.75) is 19.4 Å². The normalized spacial score (nSPS) is 11.7.